The Morgan fingerprint density at radius 1 is 1.42 bits per heavy atom. The Hall–Kier alpha value is -1.32. The van der Waals surface area contributed by atoms with Crippen molar-refractivity contribution in [1.82, 2.24) is 9.78 Å². The van der Waals surface area contributed by atoms with E-state index in [1.165, 1.54) is 16.8 Å². The predicted octanol–water partition coefficient (Wildman–Crippen LogP) is 0.193. The fourth-order valence-corrected chi connectivity index (χ4v) is 0.963. The minimum atomic E-state index is -0.241. The van der Waals surface area contributed by atoms with Gasteiger partial charge in [0.05, 0.1) is 0 Å². The summed E-state index contributed by atoms with van der Waals surface area (Å²) in [6.45, 7) is 4.52. The number of aromatic amines is 1. The normalized spacial score (nSPS) is 10.6. The van der Waals surface area contributed by atoms with Gasteiger partial charge in [0.15, 0.2) is 0 Å². The van der Waals surface area contributed by atoms with Crippen LogP contribution >= 0.6 is 0 Å². The third kappa shape index (κ3) is 2.08. The molecule has 4 heteroatoms. The second kappa shape index (κ2) is 3.38. The molecule has 1 aromatic heterocycles. The minimum Gasteiger partial charge on any atom is -0.268 e. The summed E-state index contributed by atoms with van der Waals surface area (Å²) in [4.78, 5) is 21.9. The zero-order chi connectivity index (χ0) is 9.14. The smallest absolute Gasteiger partial charge is 0.265 e. The molecule has 0 saturated carbocycles. The van der Waals surface area contributed by atoms with Crippen molar-refractivity contribution in [3.63, 3.8) is 0 Å². The lowest BCUT2D eigenvalue weighted by molar-refractivity contribution is 0.459. The van der Waals surface area contributed by atoms with E-state index >= 15 is 0 Å². The highest BCUT2D eigenvalue weighted by molar-refractivity contribution is 4.85. The molecule has 0 aliphatic rings. The summed E-state index contributed by atoms with van der Waals surface area (Å²) in [5, 5.41) is 2.46. The molecule has 1 rings (SSSR count). The molecule has 1 aromatic rings. The summed E-state index contributed by atoms with van der Waals surface area (Å²) < 4.78 is 1.33. The zero-order valence-corrected chi connectivity index (χ0v) is 7.20. The van der Waals surface area contributed by atoms with Crippen molar-refractivity contribution in [2.75, 3.05) is 0 Å². The maximum Gasteiger partial charge on any atom is 0.265 e. The lowest BCUT2D eigenvalue weighted by atomic mass is 10.2. The molecule has 0 bridgehead atoms. The molecule has 0 amide bonds. The van der Waals surface area contributed by atoms with Gasteiger partial charge in [-0.2, -0.15) is 0 Å². The van der Waals surface area contributed by atoms with Crippen LogP contribution in [0.4, 0.5) is 0 Å². The van der Waals surface area contributed by atoms with Crippen molar-refractivity contribution in [2.24, 2.45) is 5.92 Å². The van der Waals surface area contributed by atoms with Crippen molar-refractivity contribution in [2.45, 2.75) is 20.4 Å². The van der Waals surface area contributed by atoms with Crippen LogP contribution in [-0.2, 0) is 6.54 Å². The van der Waals surface area contributed by atoms with Crippen LogP contribution in [0.2, 0.25) is 0 Å². The molecule has 0 spiro atoms. The zero-order valence-electron chi connectivity index (χ0n) is 7.20. The Kier molecular flexibility index (Phi) is 2.47. The van der Waals surface area contributed by atoms with Crippen LogP contribution in [0.5, 0.6) is 0 Å². The van der Waals surface area contributed by atoms with Gasteiger partial charge in [-0.05, 0) is 5.92 Å². The van der Waals surface area contributed by atoms with E-state index in [9.17, 15) is 9.59 Å². The largest absolute Gasteiger partial charge is 0.268 e. The van der Waals surface area contributed by atoms with E-state index in [0.29, 0.717) is 12.5 Å². The molecule has 1 N–H and O–H groups in total. The minimum absolute atomic E-state index is 0.164. The lowest BCUT2D eigenvalue weighted by Crippen LogP contribution is -2.29. The molecule has 0 aliphatic heterocycles. The van der Waals surface area contributed by atoms with Gasteiger partial charge in [0.1, 0.15) is 0 Å². The van der Waals surface area contributed by atoms with Gasteiger partial charge in [-0.1, -0.05) is 13.8 Å². The van der Waals surface area contributed by atoms with E-state index in [-0.39, 0.29) is 11.1 Å². The van der Waals surface area contributed by atoms with E-state index in [1.807, 2.05) is 13.8 Å². The SMILES string of the molecule is CC(C)Cn1[nH]c(=O)ccc1=O. The number of hydrogen-bond donors (Lipinski definition) is 1. The number of rotatable bonds is 2. The van der Waals surface area contributed by atoms with Gasteiger partial charge in [-0.15, -0.1) is 0 Å². The van der Waals surface area contributed by atoms with Crippen molar-refractivity contribution in [3.05, 3.63) is 32.8 Å². The Labute approximate surface area is 69.8 Å². The molecular formula is C8H12N2O2. The standard InChI is InChI=1S/C8H12N2O2/c1-6(2)5-10-8(12)4-3-7(11)9-10/h3-4,6H,5H2,1-2H3,(H,9,11). The highest BCUT2D eigenvalue weighted by Crippen LogP contribution is 1.91. The van der Waals surface area contributed by atoms with Crippen LogP contribution in [0.3, 0.4) is 0 Å². The van der Waals surface area contributed by atoms with E-state index in [2.05, 4.69) is 5.10 Å². The van der Waals surface area contributed by atoms with E-state index in [0.717, 1.165) is 0 Å². The predicted molar refractivity (Wildman–Crippen MR) is 46.2 cm³/mol. The fraction of sp³-hybridized carbons (Fsp3) is 0.500. The van der Waals surface area contributed by atoms with Gasteiger partial charge in [0.25, 0.3) is 11.1 Å². The molecule has 0 aromatic carbocycles. The lowest BCUT2D eigenvalue weighted by Gasteiger charge is -2.06. The van der Waals surface area contributed by atoms with E-state index in [4.69, 9.17) is 0 Å². The molecule has 1 heterocycles. The maximum atomic E-state index is 11.1. The Morgan fingerprint density at radius 3 is 2.67 bits per heavy atom. The second-order valence-electron chi connectivity index (χ2n) is 3.15. The average molecular weight is 168 g/mol. The third-order valence-electron chi connectivity index (χ3n) is 1.44. The molecular weight excluding hydrogens is 156 g/mol. The summed E-state index contributed by atoms with van der Waals surface area (Å²) in [5.74, 6) is 0.348. The van der Waals surface area contributed by atoms with Crippen LogP contribution in [0.1, 0.15) is 13.8 Å². The number of nitrogens with zero attached hydrogens (tertiary/aromatic N) is 1. The van der Waals surface area contributed by atoms with E-state index in [1.54, 1.807) is 0 Å². The van der Waals surface area contributed by atoms with Crippen LogP contribution in [-0.4, -0.2) is 9.78 Å². The van der Waals surface area contributed by atoms with Gasteiger partial charge in [0.2, 0.25) is 0 Å². The van der Waals surface area contributed by atoms with Crippen LogP contribution in [0.15, 0.2) is 21.7 Å². The van der Waals surface area contributed by atoms with E-state index < -0.39 is 0 Å². The highest BCUT2D eigenvalue weighted by Gasteiger charge is 1.98. The fourth-order valence-electron chi connectivity index (χ4n) is 0.963. The Balaban J connectivity index is 3.06. The van der Waals surface area contributed by atoms with Crippen LogP contribution < -0.4 is 11.1 Å². The number of nitrogens with one attached hydrogen (secondary N) is 1. The molecule has 12 heavy (non-hydrogen) atoms. The molecule has 0 atom stereocenters. The summed E-state index contributed by atoms with van der Waals surface area (Å²) in [6, 6.07) is 2.51. The van der Waals surface area contributed by atoms with Crippen molar-refractivity contribution >= 4 is 0 Å². The Morgan fingerprint density at radius 2 is 2.08 bits per heavy atom. The second-order valence-corrected chi connectivity index (χ2v) is 3.15. The summed E-state index contributed by atoms with van der Waals surface area (Å²) in [7, 11) is 0. The summed E-state index contributed by atoms with van der Waals surface area (Å²) >= 11 is 0. The Bertz CT molecular complexity index is 362. The first-order chi connectivity index (χ1) is 5.59. The van der Waals surface area contributed by atoms with Crippen molar-refractivity contribution in [1.29, 1.82) is 0 Å². The maximum absolute atomic E-state index is 11.1. The molecule has 0 fully saturated rings. The number of H-pyrrole nitrogens is 1. The molecule has 0 saturated heterocycles. The first-order valence-corrected chi connectivity index (χ1v) is 3.90. The number of hydrogen-bond acceptors (Lipinski definition) is 2. The molecule has 0 radical (unpaired) electrons. The summed E-state index contributed by atoms with van der Waals surface area (Å²) in [6.07, 6.45) is 0. The first-order valence-electron chi connectivity index (χ1n) is 3.90. The van der Waals surface area contributed by atoms with Gasteiger partial charge < -0.3 is 0 Å². The van der Waals surface area contributed by atoms with Gasteiger partial charge in [-0.25, -0.2) is 0 Å². The van der Waals surface area contributed by atoms with Gasteiger partial charge in [-0.3, -0.25) is 19.4 Å². The third-order valence-corrected chi connectivity index (χ3v) is 1.44. The first kappa shape index (κ1) is 8.77. The molecule has 0 unspecified atom stereocenters. The monoisotopic (exact) mass is 168 g/mol. The number of aromatic nitrogens is 2. The average Bonchev–Trinajstić information content (AvgIpc) is 1.96. The van der Waals surface area contributed by atoms with Gasteiger partial charge >= 0.3 is 0 Å². The van der Waals surface area contributed by atoms with Crippen LogP contribution in [0, 0.1) is 5.92 Å². The quantitative estimate of drug-likeness (QED) is 0.685. The van der Waals surface area contributed by atoms with Crippen LogP contribution in [0.25, 0.3) is 0 Å². The highest BCUT2D eigenvalue weighted by atomic mass is 16.1. The summed E-state index contributed by atoms with van der Waals surface area (Å²) in [5.41, 5.74) is -0.404. The molecule has 0 aliphatic carbocycles. The topological polar surface area (TPSA) is 54.9 Å². The molecule has 4 nitrogen and oxygen atoms in total. The van der Waals surface area contributed by atoms with Crippen molar-refractivity contribution < 1.29 is 0 Å². The van der Waals surface area contributed by atoms with Crippen molar-refractivity contribution in [3.8, 4) is 0 Å². The van der Waals surface area contributed by atoms with Gasteiger partial charge in [0, 0.05) is 18.7 Å². The molecule has 66 valence electrons.